The summed E-state index contributed by atoms with van der Waals surface area (Å²) in [6.45, 7) is 7.58. The molecule has 0 aliphatic heterocycles. The Balaban J connectivity index is 2.59. The van der Waals surface area contributed by atoms with Gasteiger partial charge in [0.1, 0.15) is 5.82 Å². The lowest BCUT2D eigenvalue weighted by Gasteiger charge is -2.32. The quantitative estimate of drug-likeness (QED) is 0.819. The molecule has 1 amide bonds. The molecule has 0 saturated carbocycles. The molecule has 5 nitrogen and oxygen atoms in total. The number of pyridine rings is 1. The Morgan fingerprint density at radius 2 is 2.05 bits per heavy atom. The third-order valence-corrected chi connectivity index (χ3v) is 3.28. The van der Waals surface area contributed by atoms with Crippen molar-refractivity contribution in [1.82, 2.24) is 15.2 Å². The number of hydrogen-bond acceptors (Lipinski definition) is 4. The van der Waals surface area contributed by atoms with E-state index in [9.17, 15) is 4.79 Å². The minimum absolute atomic E-state index is 0.0766. The summed E-state index contributed by atoms with van der Waals surface area (Å²) >= 11 is 0. The topological polar surface area (TPSA) is 57.3 Å². The molecule has 0 saturated heterocycles. The molecule has 106 valence electrons. The van der Waals surface area contributed by atoms with Crippen LogP contribution in [0, 0.1) is 0 Å². The summed E-state index contributed by atoms with van der Waals surface area (Å²) in [7, 11) is 4.00. The molecule has 1 rings (SSSR count). The number of hydrogen-bond donors (Lipinski definition) is 2. The van der Waals surface area contributed by atoms with Crippen LogP contribution in [-0.2, 0) is 0 Å². The maximum Gasteiger partial charge on any atom is 0.252 e. The van der Waals surface area contributed by atoms with Crippen LogP contribution in [0.5, 0.6) is 0 Å². The van der Waals surface area contributed by atoms with Gasteiger partial charge in [0.2, 0.25) is 0 Å². The second-order valence-corrected chi connectivity index (χ2v) is 5.35. The molecule has 0 radical (unpaired) electrons. The van der Waals surface area contributed by atoms with Crippen molar-refractivity contribution in [3.63, 3.8) is 0 Å². The van der Waals surface area contributed by atoms with E-state index in [0.717, 1.165) is 12.4 Å². The maximum atomic E-state index is 12.0. The molecule has 0 bridgehead atoms. The van der Waals surface area contributed by atoms with Crippen molar-refractivity contribution in [3.8, 4) is 0 Å². The van der Waals surface area contributed by atoms with Crippen LogP contribution >= 0.6 is 0 Å². The average molecular weight is 264 g/mol. The highest BCUT2D eigenvalue weighted by molar-refractivity contribution is 5.94. The molecule has 0 aliphatic rings. The SMILES string of the molecule is CCNc1ccc(C(=O)NCC(C)(C)N(C)C)cn1. The Morgan fingerprint density at radius 1 is 1.37 bits per heavy atom. The second kappa shape index (κ2) is 6.52. The Kier molecular flexibility index (Phi) is 5.30. The van der Waals surface area contributed by atoms with Gasteiger partial charge in [-0.2, -0.15) is 0 Å². The van der Waals surface area contributed by atoms with Crippen LogP contribution in [0.1, 0.15) is 31.1 Å². The molecule has 0 atom stereocenters. The molecule has 1 aromatic heterocycles. The summed E-state index contributed by atoms with van der Waals surface area (Å²) in [5, 5.41) is 6.03. The zero-order valence-electron chi connectivity index (χ0n) is 12.4. The number of rotatable bonds is 6. The predicted octanol–water partition coefficient (Wildman–Crippen LogP) is 1.58. The first-order chi connectivity index (χ1) is 8.86. The largest absolute Gasteiger partial charge is 0.370 e. The minimum atomic E-state index is -0.0922. The van der Waals surface area contributed by atoms with Gasteiger partial charge in [0.25, 0.3) is 5.91 Å². The van der Waals surface area contributed by atoms with Crippen LogP contribution in [-0.4, -0.2) is 48.5 Å². The molecule has 0 aromatic carbocycles. The molecule has 0 fully saturated rings. The van der Waals surface area contributed by atoms with Crippen molar-refractivity contribution in [3.05, 3.63) is 23.9 Å². The highest BCUT2D eigenvalue weighted by Gasteiger charge is 2.21. The average Bonchev–Trinajstić information content (AvgIpc) is 2.37. The van der Waals surface area contributed by atoms with Crippen LogP contribution in [0.2, 0.25) is 0 Å². The fourth-order valence-electron chi connectivity index (χ4n) is 1.37. The zero-order valence-corrected chi connectivity index (χ0v) is 12.4. The fraction of sp³-hybridized carbons (Fsp3) is 0.571. The number of anilines is 1. The number of carbonyl (C=O) groups is 1. The van der Waals surface area contributed by atoms with Gasteiger partial charge in [0, 0.05) is 24.8 Å². The molecular formula is C14H24N4O. The van der Waals surface area contributed by atoms with E-state index in [1.807, 2.05) is 27.1 Å². The van der Waals surface area contributed by atoms with Gasteiger partial charge in [0.05, 0.1) is 5.56 Å². The normalized spacial score (nSPS) is 11.5. The number of carbonyl (C=O) groups excluding carboxylic acids is 1. The standard InChI is InChI=1S/C14H24N4O/c1-6-15-12-8-7-11(9-16-12)13(19)17-10-14(2,3)18(4)5/h7-9H,6,10H2,1-5H3,(H,15,16)(H,17,19). The fourth-order valence-corrected chi connectivity index (χ4v) is 1.37. The summed E-state index contributed by atoms with van der Waals surface area (Å²) in [4.78, 5) is 18.3. The monoisotopic (exact) mass is 264 g/mol. The molecule has 0 spiro atoms. The number of amides is 1. The zero-order chi connectivity index (χ0) is 14.5. The van der Waals surface area contributed by atoms with Gasteiger partial charge < -0.3 is 15.5 Å². The summed E-state index contributed by atoms with van der Waals surface area (Å²) in [6, 6.07) is 3.60. The lowest BCUT2D eigenvalue weighted by molar-refractivity contribution is 0.0919. The molecule has 2 N–H and O–H groups in total. The van der Waals surface area contributed by atoms with Crippen molar-refractivity contribution in [2.24, 2.45) is 0 Å². The van der Waals surface area contributed by atoms with Gasteiger partial charge in [-0.3, -0.25) is 4.79 Å². The number of aromatic nitrogens is 1. The third kappa shape index (κ3) is 4.52. The molecule has 5 heteroatoms. The van der Waals surface area contributed by atoms with Crippen LogP contribution < -0.4 is 10.6 Å². The van der Waals surface area contributed by atoms with Crippen molar-refractivity contribution in [1.29, 1.82) is 0 Å². The molecule has 1 aromatic rings. The predicted molar refractivity (Wildman–Crippen MR) is 78.5 cm³/mol. The Morgan fingerprint density at radius 3 is 2.53 bits per heavy atom. The smallest absolute Gasteiger partial charge is 0.252 e. The first-order valence-corrected chi connectivity index (χ1v) is 6.52. The number of nitrogens with zero attached hydrogens (tertiary/aromatic N) is 2. The van der Waals surface area contributed by atoms with E-state index in [0.29, 0.717) is 12.1 Å². The maximum absolute atomic E-state index is 12.0. The molecule has 19 heavy (non-hydrogen) atoms. The lowest BCUT2D eigenvalue weighted by Crippen LogP contribution is -2.48. The first kappa shape index (κ1) is 15.4. The van der Waals surface area contributed by atoms with Crippen LogP contribution in [0.4, 0.5) is 5.82 Å². The van der Waals surface area contributed by atoms with Crippen molar-refractivity contribution < 1.29 is 4.79 Å². The van der Waals surface area contributed by atoms with Gasteiger partial charge in [-0.1, -0.05) is 0 Å². The van der Waals surface area contributed by atoms with E-state index in [4.69, 9.17) is 0 Å². The molecule has 0 aliphatic carbocycles. The highest BCUT2D eigenvalue weighted by Crippen LogP contribution is 2.09. The summed E-state index contributed by atoms with van der Waals surface area (Å²) in [5.74, 6) is 0.693. The van der Waals surface area contributed by atoms with Gasteiger partial charge in [0.15, 0.2) is 0 Å². The molecule has 0 unspecified atom stereocenters. The van der Waals surface area contributed by atoms with Gasteiger partial charge >= 0.3 is 0 Å². The van der Waals surface area contributed by atoms with Gasteiger partial charge in [-0.25, -0.2) is 4.98 Å². The second-order valence-electron chi connectivity index (χ2n) is 5.35. The summed E-state index contributed by atoms with van der Waals surface area (Å²) in [6.07, 6.45) is 1.59. The number of nitrogens with one attached hydrogen (secondary N) is 2. The Hall–Kier alpha value is -1.62. The van der Waals surface area contributed by atoms with Crippen molar-refractivity contribution >= 4 is 11.7 Å². The van der Waals surface area contributed by atoms with Crippen LogP contribution in [0.3, 0.4) is 0 Å². The van der Waals surface area contributed by atoms with E-state index >= 15 is 0 Å². The van der Waals surface area contributed by atoms with E-state index in [2.05, 4.69) is 34.4 Å². The van der Waals surface area contributed by atoms with E-state index in [-0.39, 0.29) is 11.4 Å². The Bertz CT molecular complexity index is 412. The van der Waals surface area contributed by atoms with E-state index in [1.165, 1.54) is 0 Å². The summed E-state index contributed by atoms with van der Waals surface area (Å²) in [5.41, 5.74) is 0.503. The minimum Gasteiger partial charge on any atom is -0.370 e. The highest BCUT2D eigenvalue weighted by atomic mass is 16.1. The Labute approximate surface area is 115 Å². The molecule has 1 heterocycles. The van der Waals surface area contributed by atoms with Gasteiger partial charge in [-0.05, 0) is 47.0 Å². The van der Waals surface area contributed by atoms with E-state index in [1.54, 1.807) is 12.3 Å². The van der Waals surface area contributed by atoms with Crippen molar-refractivity contribution in [2.45, 2.75) is 26.3 Å². The van der Waals surface area contributed by atoms with Crippen LogP contribution in [0.15, 0.2) is 18.3 Å². The number of likely N-dealkylation sites (N-methyl/N-ethyl adjacent to an activating group) is 1. The third-order valence-electron chi connectivity index (χ3n) is 3.28. The molecular weight excluding hydrogens is 240 g/mol. The van der Waals surface area contributed by atoms with Crippen LogP contribution in [0.25, 0.3) is 0 Å². The lowest BCUT2D eigenvalue weighted by atomic mass is 10.0. The summed E-state index contributed by atoms with van der Waals surface area (Å²) < 4.78 is 0. The van der Waals surface area contributed by atoms with E-state index < -0.39 is 0 Å². The first-order valence-electron chi connectivity index (χ1n) is 6.52. The van der Waals surface area contributed by atoms with Crippen molar-refractivity contribution in [2.75, 3.05) is 32.5 Å². The van der Waals surface area contributed by atoms with Gasteiger partial charge in [-0.15, -0.1) is 0 Å².